The number of aliphatic hydroxyl groups excluding tert-OH is 1. The van der Waals surface area contributed by atoms with Crippen molar-refractivity contribution in [1.82, 2.24) is 31.1 Å². The van der Waals surface area contributed by atoms with Crippen LogP contribution in [0, 0.1) is 11.8 Å². The van der Waals surface area contributed by atoms with Gasteiger partial charge in [-0.1, -0.05) is 59.3 Å². The average Bonchev–Trinajstić information content (AvgIpc) is 3.05. The number of rotatable bonds is 11. The molecule has 13 nitrogen and oxygen atoms in total. The number of nitrogens with zero attached hydrogens (tertiary/aromatic N) is 2. The number of halogens is 3. The van der Waals surface area contributed by atoms with Gasteiger partial charge in [0.05, 0.1) is 18.6 Å². The Hall–Kier alpha value is -2.98. The van der Waals surface area contributed by atoms with Crippen LogP contribution < -0.4 is 27.0 Å². The smallest absolute Gasteiger partial charge is 0.391 e. The van der Waals surface area contributed by atoms with Crippen molar-refractivity contribution in [3.63, 3.8) is 0 Å². The highest BCUT2D eigenvalue weighted by molar-refractivity contribution is 5.96. The molecular weight excluding hydrogens is 659 g/mol. The molecule has 288 valence electrons. The van der Waals surface area contributed by atoms with Gasteiger partial charge in [-0.15, -0.1) is 0 Å². The highest BCUT2D eigenvalue weighted by atomic mass is 19.4. The number of likely N-dealkylation sites (N-methyl/N-ethyl adjacent to an activating group) is 1. The molecule has 1 aliphatic heterocycles. The molecule has 6 atom stereocenters. The lowest BCUT2D eigenvalue weighted by Gasteiger charge is -2.38. The molecule has 0 bridgehead atoms. The Morgan fingerprint density at radius 3 is 2.10 bits per heavy atom. The van der Waals surface area contributed by atoms with Gasteiger partial charge in [0.15, 0.2) is 0 Å². The van der Waals surface area contributed by atoms with Crippen LogP contribution in [-0.4, -0.2) is 120 Å². The normalized spacial score (nSPS) is 27.2. The molecule has 16 heteroatoms. The average molecular weight is 720 g/mol. The molecule has 0 aromatic heterocycles. The van der Waals surface area contributed by atoms with Crippen LogP contribution in [0.1, 0.15) is 98.3 Å². The maximum absolute atomic E-state index is 14.2. The van der Waals surface area contributed by atoms with Crippen molar-refractivity contribution in [2.75, 3.05) is 33.2 Å². The van der Waals surface area contributed by atoms with Gasteiger partial charge in [-0.3, -0.25) is 28.9 Å². The minimum Gasteiger partial charge on any atom is -0.391 e. The Kier molecular flexibility index (Phi) is 17.9. The summed E-state index contributed by atoms with van der Waals surface area (Å²) in [4.78, 5) is 71.0. The summed E-state index contributed by atoms with van der Waals surface area (Å²) in [6, 6.07) is -6.81. The number of nitrogens with two attached hydrogens (primary N) is 1. The Bertz CT molecular complexity index is 1120. The first kappa shape index (κ1) is 43.2. The molecule has 0 aromatic rings. The van der Waals surface area contributed by atoms with Crippen LogP contribution in [0.15, 0.2) is 0 Å². The van der Waals surface area contributed by atoms with Crippen molar-refractivity contribution in [2.24, 2.45) is 17.6 Å². The summed E-state index contributed by atoms with van der Waals surface area (Å²) in [6.45, 7) is 6.34. The van der Waals surface area contributed by atoms with Gasteiger partial charge in [0.2, 0.25) is 29.5 Å². The van der Waals surface area contributed by atoms with E-state index in [0.717, 1.165) is 37.0 Å². The van der Waals surface area contributed by atoms with Crippen LogP contribution in [0.25, 0.3) is 0 Å². The number of carbonyl (C=O) groups is 5. The summed E-state index contributed by atoms with van der Waals surface area (Å²) in [5.41, 5.74) is 5.87. The zero-order chi connectivity index (χ0) is 37.6. The molecule has 1 aliphatic carbocycles. The molecule has 7 N–H and O–H groups in total. The van der Waals surface area contributed by atoms with E-state index in [2.05, 4.69) is 21.3 Å². The Balaban J connectivity index is 2.66. The van der Waals surface area contributed by atoms with Crippen LogP contribution in [0.2, 0.25) is 0 Å². The topological polar surface area (TPSA) is 186 Å². The van der Waals surface area contributed by atoms with Crippen LogP contribution >= 0.6 is 0 Å². The second kappa shape index (κ2) is 20.8. The second-order valence-corrected chi connectivity index (χ2v) is 14.2. The van der Waals surface area contributed by atoms with Gasteiger partial charge in [0, 0.05) is 26.7 Å². The maximum atomic E-state index is 14.2. The lowest BCUT2D eigenvalue weighted by Crippen LogP contribution is -2.63. The Morgan fingerprint density at radius 2 is 1.54 bits per heavy atom. The van der Waals surface area contributed by atoms with Gasteiger partial charge in [-0.2, -0.15) is 13.2 Å². The first-order valence-electron chi connectivity index (χ1n) is 18.1. The number of nitrogens with one attached hydrogen (secondary N) is 4. The number of amides is 5. The van der Waals surface area contributed by atoms with Gasteiger partial charge < -0.3 is 37.0 Å². The molecule has 2 fully saturated rings. The van der Waals surface area contributed by atoms with Crippen LogP contribution in [0.4, 0.5) is 13.2 Å². The van der Waals surface area contributed by atoms with E-state index >= 15 is 0 Å². The van der Waals surface area contributed by atoms with E-state index in [4.69, 9.17) is 5.73 Å². The summed E-state index contributed by atoms with van der Waals surface area (Å²) < 4.78 is 42.4. The van der Waals surface area contributed by atoms with Crippen LogP contribution in [0.5, 0.6) is 0 Å². The summed E-state index contributed by atoms with van der Waals surface area (Å²) in [5, 5.41) is 20.8. The molecule has 2 aliphatic rings. The zero-order valence-corrected chi connectivity index (χ0v) is 30.3. The summed E-state index contributed by atoms with van der Waals surface area (Å²) in [6.07, 6.45) is -0.792. The first-order valence-corrected chi connectivity index (χ1v) is 18.1. The first-order chi connectivity index (χ1) is 23.5. The van der Waals surface area contributed by atoms with Gasteiger partial charge in [0.1, 0.15) is 24.2 Å². The maximum Gasteiger partial charge on any atom is 0.391 e. The van der Waals surface area contributed by atoms with Gasteiger partial charge in [-0.25, -0.2) is 0 Å². The molecule has 0 aromatic carbocycles. The molecule has 5 amide bonds. The molecule has 2 rings (SSSR count). The third-order valence-corrected chi connectivity index (χ3v) is 9.59. The fourth-order valence-corrected chi connectivity index (χ4v) is 6.73. The molecule has 1 saturated carbocycles. The van der Waals surface area contributed by atoms with E-state index in [0.29, 0.717) is 25.7 Å². The molecule has 1 heterocycles. The third kappa shape index (κ3) is 13.6. The van der Waals surface area contributed by atoms with Crippen LogP contribution in [0.3, 0.4) is 0 Å². The van der Waals surface area contributed by atoms with E-state index in [1.165, 1.54) is 18.9 Å². The third-order valence-electron chi connectivity index (χ3n) is 9.59. The highest BCUT2D eigenvalue weighted by Gasteiger charge is 2.43. The molecule has 0 spiro atoms. The summed E-state index contributed by atoms with van der Waals surface area (Å²) >= 11 is 0. The number of alkyl halides is 3. The van der Waals surface area contributed by atoms with Crippen molar-refractivity contribution in [3.8, 4) is 0 Å². The number of unbranched alkanes of at least 4 members (excludes halogenated alkanes) is 3. The quantitative estimate of drug-likeness (QED) is 0.174. The second-order valence-electron chi connectivity index (χ2n) is 14.2. The summed E-state index contributed by atoms with van der Waals surface area (Å²) in [7, 11) is 1.31. The zero-order valence-electron chi connectivity index (χ0n) is 30.3. The van der Waals surface area contributed by atoms with Crippen molar-refractivity contribution >= 4 is 29.5 Å². The van der Waals surface area contributed by atoms with E-state index in [1.807, 2.05) is 20.8 Å². The minimum atomic E-state index is -4.73. The standard InChI is InChI=1S/C34H60F3N7O6/c1-6-7-8-12-16-44-17-15-39-31(48)27(22(4)45)41-29(46)24(20-38)40-32(49)28(23-13-10-9-11-14-23)42-30(47)25(18-21(2)3)43(5)33(50)26(44)19-34(35,36)37/h21-28,45H,6-20,38H2,1-5H3,(H,39,48)(H,40,49)(H,41,46)(H,42,47)/t22-,24-,25-,26-,27-,28?/m0/s1. The van der Waals surface area contributed by atoms with E-state index in [1.54, 1.807) is 0 Å². The largest absolute Gasteiger partial charge is 0.391 e. The fourth-order valence-electron chi connectivity index (χ4n) is 6.73. The number of aliphatic hydroxyl groups is 1. The van der Waals surface area contributed by atoms with Gasteiger partial charge in [0.25, 0.3) is 0 Å². The fraction of sp³-hybridized carbons (Fsp3) is 0.853. The van der Waals surface area contributed by atoms with Crippen molar-refractivity contribution in [1.29, 1.82) is 0 Å². The SMILES string of the molecule is CCCCCCN1CCNC(=O)[C@H]([C@H](C)O)NC(=O)[C@H](CN)NC(=O)C(C2CCCCC2)NC(=O)[C@H](CC(C)C)N(C)C(=O)[C@@H]1CC(F)(F)F. The number of hydrogen-bond acceptors (Lipinski definition) is 8. The number of carbonyl (C=O) groups excluding carboxylic acids is 5. The lowest BCUT2D eigenvalue weighted by molar-refractivity contribution is -0.164. The minimum absolute atomic E-state index is 0.118. The van der Waals surface area contributed by atoms with Crippen molar-refractivity contribution in [3.05, 3.63) is 0 Å². The van der Waals surface area contributed by atoms with Crippen molar-refractivity contribution in [2.45, 2.75) is 141 Å². The van der Waals surface area contributed by atoms with E-state index in [9.17, 15) is 42.3 Å². The van der Waals surface area contributed by atoms with Gasteiger partial charge >= 0.3 is 6.18 Å². The Morgan fingerprint density at radius 1 is 0.880 bits per heavy atom. The lowest BCUT2D eigenvalue weighted by atomic mass is 9.83. The molecule has 50 heavy (non-hydrogen) atoms. The molecular formula is C34H60F3N7O6. The highest BCUT2D eigenvalue weighted by Crippen LogP contribution is 2.29. The molecule has 1 unspecified atom stereocenters. The Labute approximate surface area is 294 Å². The predicted octanol–water partition coefficient (Wildman–Crippen LogP) is 1.57. The summed E-state index contributed by atoms with van der Waals surface area (Å²) in [5.74, 6) is -4.37. The van der Waals surface area contributed by atoms with Gasteiger partial charge in [-0.05, 0) is 51.0 Å². The monoisotopic (exact) mass is 719 g/mol. The van der Waals surface area contributed by atoms with E-state index < -0.39 is 78.4 Å². The number of hydrogen-bond donors (Lipinski definition) is 6. The van der Waals surface area contributed by atoms with Crippen molar-refractivity contribution < 1.29 is 42.3 Å². The molecule has 1 saturated heterocycles. The predicted molar refractivity (Wildman–Crippen MR) is 182 cm³/mol. The van der Waals surface area contributed by atoms with E-state index in [-0.39, 0.29) is 44.4 Å². The van der Waals surface area contributed by atoms with Crippen LogP contribution in [-0.2, 0) is 24.0 Å². The molecule has 0 radical (unpaired) electrons.